The second-order valence-electron chi connectivity index (χ2n) is 5.92. The van der Waals surface area contributed by atoms with Crippen molar-refractivity contribution in [2.45, 2.75) is 32.9 Å². The predicted molar refractivity (Wildman–Crippen MR) is 85.5 cm³/mol. The van der Waals surface area contributed by atoms with Crippen LogP contribution in [-0.2, 0) is 13.1 Å². The van der Waals surface area contributed by atoms with E-state index in [9.17, 15) is 0 Å². The molecule has 0 N–H and O–H groups in total. The number of rotatable bonds is 6. The highest BCUT2D eigenvalue weighted by Gasteiger charge is 2.12. The molecule has 0 radical (unpaired) electrons. The van der Waals surface area contributed by atoms with E-state index in [-0.39, 0.29) is 0 Å². The Morgan fingerprint density at radius 2 is 2.13 bits per heavy atom. The molecule has 0 spiro atoms. The first kappa shape index (κ1) is 15.4. The molecule has 3 aromatic rings. The fourth-order valence-electron chi connectivity index (χ4n) is 2.30. The van der Waals surface area contributed by atoms with Crippen LogP contribution in [0.1, 0.15) is 37.1 Å². The minimum absolute atomic E-state index is 0.297. The first-order valence-corrected chi connectivity index (χ1v) is 7.60. The van der Waals surface area contributed by atoms with Gasteiger partial charge < -0.3 is 8.94 Å². The Bertz CT molecular complexity index is 749. The summed E-state index contributed by atoms with van der Waals surface area (Å²) in [6, 6.07) is 5.78. The van der Waals surface area contributed by atoms with Gasteiger partial charge in [-0.15, -0.1) is 0 Å². The van der Waals surface area contributed by atoms with E-state index >= 15 is 0 Å². The maximum absolute atomic E-state index is 5.46. The predicted octanol–water partition coefficient (Wildman–Crippen LogP) is 3.48. The Morgan fingerprint density at radius 3 is 2.83 bits per heavy atom. The normalized spacial score (nSPS) is 11.5. The molecule has 0 unspecified atom stereocenters. The van der Waals surface area contributed by atoms with Crippen LogP contribution in [0.5, 0.6) is 0 Å². The summed E-state index contributed by atoms with van der Waals surface area (Å²) in [6.07, 6.45) is 5.23. The molecule has 0 saturated heterocycles. The zero-order valence-electron chi connectivity index (χ0n) is 13.6. The van der Waals surface area contributed by atoms with Crippen molar-refractivity contribution in [3.63, 3.8) is 0 Å². The number of oxazole rings is 1. The molecule has 0 aliphatic heterocycles. The summed E-state index contributed by atoms with van der Waals surface area (Å²) in [5.74, 6) is 1.87. The molecule has 23 heavy (non-hydrogen) atoms. The van der Waals surface area contributed by atoms with Crippen LogP contribution in [0.2, 0.25) is 0 Å². The largest absolute Gasteiger partial charge is 0.448 e. The number of hydrogen-bond donors (Lipinski definition) is 0. The van der Waals surface area contributed by atoms with Gasteiger partial charge in [0, 0.05) is 36.5 Å². The summed E-state index contributed by atoms with van der Waals surface area (Å²) in [5.41, 5.74) is 2.66. The van der Waals surface area contributed by atoms with Gasteiger partial charge in [0.25, 0.3) is 0 Å². The Kier molecular flexibility index (Phi) is 4.52. The monoisotopic (exact) mass is 312 g/mol. The molecule has 0 aromatic carbocycles. The number of aromatic nitrogens is 3. The molecular formula is C17H20N4O2. The molecule has 3 aromatic heterocycles. The molecular weight excluding hydrogens is 292 g/mol. The highest BCUT2D eigenvalue weighted by atomic mass is 16.5. The summed E-state index contributed by atoms with van der Waals surface area (Å²) >= 11 is 0. The molecule has 0 fully saturated rings. The fraction of sp³-hybridized carbons (Fsp3) is 0.353. The standard InChI is InChI=1S/C17H20N4O2/c1-12(2)17-19-14(11-22-17)9-21(3)10-15-7-16(20-23-15)13-5-4-6-18-8-13/h4-8,11-12H,9-10H2,1-3H3. The zero-order chi connectivity index (χ0) is 16.2. The van der Waals surface area contributed by atoms with Crippen molar-refractivity contribution >= 4 is 0 Å². The van der Waals surface area contributed by atoms with E-state index < -0.39 is 0 Å². The average molecular weight is 312 g/mol. The minimum atomic E-state index is 0.297. The maximum atomic E-state index is 5.46. The summed E-state index contributed by atoms with van der Waals surface area (Å²) < 4.78 is 10.9. The first-order chi connectivity index (χ1) is 11.1. The molecule has 3 heterocycles. The van der Waals surface area contributed by atoms with Crippen LogP contribution >= 0.6 is 0 Å². The number of pyridine rings is 1. The van der Waals surface area contributed by atoms with E-state index in [1.807, 2.05) is 25.2 Å². The summed E-state index contributed by atoms with van der Waals surface area (Å²) in [6.45, 7) is 5.47. The van der Waals surface area contributed by atoms with Crippen LogP contribution in [-0.4, -0.2) is 27.1 Å². The molecule has 0 amide bonds. The molecule has 3 rings (SSSR count). The van der Waals surface area contributed by atoms with Crippen LogP contribution in [0.25, 0.3) is 11.3 Å². The van der Waals surface area contributed by atoms with Gasteiger partial charge in [-0.2, -0.15) is 0 Å². The van der Waals surface area contributed by atoms with Crippen LogP contribution in [0.4, 0.5) is 0 Å². The third kappa shape index (κ3) is 3.84. The number of hydrogen-bond acceptors (Lipinski definition) is 6. The Balaban J connectivity index is 1.61. The highest BCUT2D eigenvalue weighted by Crippen LogP contribution is 2.19. The van der Waals surface area contributed by atoms with Crippen LogP contribution in [0, 0.1) is 0 Å². The van der Waals surface area contributed by atoms with Gasteiger partial charge in [0.2, 0.25) is 0 Å². The van der Waals surface area contributed by atoms with Gasteiger partial charge in [0.05, 0.1) is 12.2 Å². The molecule has 0 aliphatic carbocycles. The first-order valence-electron chi connectivity index (χ1n) is 7.60. The molecule has 0 bridgehead atoms. The quantitative estimate of drug-likeness (QED) is 0.694. The van der Waals surface area contributed by atoms with Gasteiger partial charge in [-0.05, 0) is 19.2 Å². The topological polar surface area (TPSA) is 68.2 Å². The average Bonchev–Trinajstić information content (AvgIpc) is 3.18. The second kappa shape index (κ2) is 6.75. The van der Waals surface area contributed by atoms with Crippen LogP contribution < -0.4 is 0 Å². The maximum Gasteiger partial charge on any atom is 0.196 e. The lowest BCUT2D eigenvalue weighted by atomic mass is 10.2. The summed E-state index contributed by atoms with van der Waals surface area (Å²) in [7, 11) is 2.01. The van der Waals surface area contributed by atoms with Gasteiger partial charge in [-0.3, -0.25) is 9.88 Å². The van der Waals surface area contributed by atoms with E-state index in [2.05, 4.69) is 33.9 Å². The third-order valence-electron chi connectivity index (χ3n) is 3.44. The van der Waals surface area contributed by atoms with Crippen molar-refractivity contribution in [3.8, 4) is 11.3 Å². The molecule has 120 valence electrons. The molecule has 0 saturated carbocycles. The van der Waals surface area contributed by atoms with Crippen LogP contribution in [0.15, 0.2) is 45.8 Å². The lowest BCUT2D eigenvalue weighted by Gasteiger charge is -2.12. The van der Waals surface area contributed by atoms with Crippen LogP contribution in [0.3, 0.4) is 0 Å². The van der Waals surface area contributed by atoms with E-state index in [0.29, 0.717) is 19.0 Å². The Morgan fingerprint density at radius 1 is 1.26 bits per heavy atom. The molecule has 6 heteroatoms. The van der Waals surface area contributed by atoms with Gasteiger partial charge in [-0.1, -0.05) is 19.0 Å². The lowest BCUT2D eigenvalue weighted by molar-refractivity contribution is 0.264. The number of nitrogens with zero attached hydrogens (tertiary/aromatic N) is 4. The van der Waals surface area contributed by atoms with Crippen molar-refractivity contribution in [1.82, 2.24) is 20.0 Å². The molecule has 0 aliphatic rings. The Labute approximate surface area is 135 Å². The minimum Gasteiger partial charge on any atom is -0.448 e. The molecule has 0 atom stereocenters. The smallest absolute Gasteiger partial charge is 0.196 e. The lowest BCUT2D eigenvalue weighted by Crippen LogP contribution is -2.17. The zero-order valence-corrected chi connectivity index (χ0v) is 13.6. The summed E-state index contributed by atoms with van der Waals surface area (Å²) in [4.78, 5) is 10.7. The van der Waals surface area contributed by atoms with E-state index in [1.54, 1.807) is 18.7 Å². The van der Waals surface area contributed by atoms with Gasteiger partial charge in [-0.25, -0.2) is 4.98 Å². The third-order valence-corrected chi connectivity index (χ3v) is 3.44. The van der Waals surface area contributed by atoms with E-state index in [0.717, 1.165) is 28.6 Å². The van der Waals surface area contributed by atoms with Crippen molar-refractivity contribution in [2.75, 3.05) is 7.05 Å². The van der Waals surface area contributed by atoms with Gasteiger partial charge in [0.15, 0.2) is 11.7 Å². The summed E-state index contributed by atoms with van der Waals surface area (Å²) in [5, 5.41) is 4.10. The van der Waals surface area contributed by atoms with Crippen molar-refractivity contribution in [3.05, 3.63) is 54.2 Å². The van der Waals surface area contributed by atoms with Gasteiger partial charge >= 0.3 is 0 Å². The van der Waals surface area contributed by atoms with Crippen molar-refractivity contribution in [1.29, 1.82) is 0 Å². The SMILES string of the molecule is CC(C)c1nc(CN(C)Cc2cc(-c3cccnc3)no2)co1. The Hall–Kier alpha value is -2.47. The van der Waals surface area contributed by atoms with Gasteiger partial charge in [0.1, 0.15) is 12.0 Å². The van der Waals surface area contributed by atoms with E-state index in [1.165, 1.54) is 0 Å². The second-order valence-corrected chi connectivity index (χ2v) is 5.92. The van der Waals surface area contributed by atoms with Crippen molar-refractivity contribution < 1.29 is 8.94 Å². The molecule has 6 nitrogen and oxygen atoms in total. The van der Waals surface area contributed by atoms with E-state index in [4.69, 9.17) is 8.94 Å². The van der Waals surface area contributed by atoms with Crippen molar-refractivity contribution in [2.24, 2.45) is 0 Å². The fourth-order valence-corrected chi connectivity index (χ4v) is 2.30. The highest BCUT2D eigenvalue weighted by molar-refractivity contribution is 5.57.